The van der Waals surface area contributed by atoms with Crippen LogP contribution in [0.1, 0.15) is 52.4 Å². The first-order valence-electron chi connectivity index (χ1n) is 6.55. The largest absolute Gasteiger partial charge is 0.392 e. The van der Waals surface area contributed by atoms with Crippen LogP contribution in [0.15, 0.2) is 0 Å². The Morgan fingerprint density at radius 2 is 2.13 bits per heavy atom. The number of unbranched alkanes of at least 4 members (excludes halogenated alkanes) is 2. The van der Waals surface area contributed by atoms with Crippen LogP contribution >= 0.6 is 0 Å². The SMILES string of the molecule is CCCCCC(CC)C(O)C1CCOC1. The highest BCUT2D eigenvalue weighted by atomic mass is 16.5. The standard InChI is InChI=1S/C13H26O2/c1-3-5-6-7-11(4-2)13(14)12-8-9-15-10-12/h11-14H,3-10H2,1-2H3. The maximum Gasteiger partial charge on any atom is 0.0619 e. The Labute approximate surface area is 94.0 Å². The molecule has 0 saturated carbocycles. The minimum absolute atomic E-state index is 0.130. The van der Waals surface area contributed by atoms with Gasteiger partial charge < -0.3 is 9.84 Å². The molecule has 2 heteroatoms. The summed E-state index contributed by atoms with van der Waals surface area (Å²) in [5.74, 6) is 0.889. The highest BCUT2D eigenvalue weighted by Crippen LogP contribution is 2.27. The third-order valence-corrected chi connectivity index (χ3v) is 3.63. The van der Waals surface area contributed by atoms with Gasteiger partial charge in [0, 0.05) is 12.5 Å². The van der Waals surface area contributed by atoms with Crippen LogP contribution in [0.3, 0.4) is 0 Å². The van der Waals surface area contributed by atoms with Crippen LogP contribution in [0.2, 0.25) is 0 Å². The second-order valence-electron chi connectivity index (χ2n) is 4.78. The van der Waals surface area contributed by atoms with E-state index in [0.717, 1.165) is 26.1 Å². The number of rotatable bonds is 7. The Morgan fingerprint density at radius 3 is 2.67 bits per heavy atom. The Hall–Kier alpha value is -0.0800. The molecule has 0 aromatic rings. The molecule has 1 N–H and O–H groups in total. The average molecular weight is 214 g/mol. The maximum atomic E-state index is 10.2. The summed E-state index contributed by atoms with van der Waals surface area (Å²) in [7, 11) is 0. The minimum atomic E-state index is -0.130. The molecule has 0 aromatic carbocycles. The van der Waals surface area contributed by atoms with Gasteiger partial charge in [-0.2, -0.15) is 0 Å². The molecule has 15 heavy (non-hydrogen) atoms. The molecule has 1 fully saturated rings. The molecule has 90 valence electrons. The van der Waals surface area contributed by atoms with Crippen molar-refractivity contribution in [2.24, 2.45) is 11.8 Å². The quantitative estimate of drug-likeness (QED) is 0.660. The fraction of sp³-hybridized carbons (Fsp3) is 1.00. The summed E-state index contributed by atoms with van der Waals surface area (Å²) in [5, 5.41) is 10.2. The molecule has 3 unspecified atom stereocenters. The number of ether oxygens (including phenoxy) is 1. The zero-order chi connectivity index (χ0) is 11.1. The summed E-state index contributed by atoms with van der Waals surface area (Å²) < 4.78 is 5.34. The first-order chi connectivity index (χ1) is 7.29. The summed E-state index contributed by atoms with van der Waals surface area (Å²) in [6.45, 7) is 6.02. The zero-order valence-corrected chi connectivity index (χ0v) is 10.2. The molecule has 0 aromatic heterocycles. The van der Waals surface area contributed by atoms with Crippen LogP contribution in [0.5, 0.6) is 0 Å². The molecular formula is C13H26O2. The molecule has 1 aliphatic rings. The van der Waals surface area contributed by atoms with E-state index in [1.54, 1.807) is 0 Å². The van der Waals surface area contributed by atoms with Crippen molar-refractivity contribution in [2.45, 2.75) is 58.5 Å². The van der Waals surface area contributed by atoms with Crippen LogP contribution in [0.25, 0.3) is 0 Å². The van der Waals surface area contributed by atoms with Gasteiger partial charge in [-0.05, 0) is 18.8 Å². The fourth-order valence-electron chi connectivity index (χ4n) is 2.48. The lowest BCUT2D eigenvalue weighted by molar-refractivity contribution is 0.0368. The van der Waals surface area contributed by atoms with Crippen molar-refractivity contribution in [1.29, 1.82) is 0 Å². The summed E-state index contributed by atoms with van der Waals surface area (Å²) in [6.07, 6.45) is 7.02. The van der Waals surface area contributed by atoms with E-state index < -0.39 is 0 Å². The lowest BCUT2D eigenvalue weighted by Gasteiger charge is -2.25. The molecule has 1 saturated heterocycles. The molecule has 0 radical (unpaired) electrons. The number of aliphatic hydroxyl groups is 1. The van der Waals surface area contributed by atoms with E-state index in [2.05, 4.69) is 13.8 Å². The lowest BCUT2D eigenvalue weighted by atomic mass is 9.85. The number of hydrogen-bond acceptors (Lipinski definition) is 2. The molecule has 1 rings (SSSR count). The van der Waals surface area contributed by atoms with Crippen molar-refractivity contribution < 1.29 is 9.84 Å². The van der Waals surface area contributed by atoms with E-state index in [-0.39, 0.29) is 6.10 Å². The van der Waals surface area contributed by atoms with Gasteiger partial charge >= 0.3 is 0 Å². The summed E-state index contributed by atoms with van der Waals surface area (Å²) >= 11 is 0. The maximum absolute atomic E-state index is 10.2. The van der Waals surface area contributed by atoms with Crippen LogP contribution in [-0.2, 0) is 4.74 Å². The fourth-order valence-corrected chi connectivity index (χ4v) is 2.48. The third kappa shape index (κ3) is 4.12. The van der Waals surface area contributed by atoms with E-state index in [9.17, 15) is 5.11 Å². The van der Waals surface area contributed by atoms with Gasteiger partial charge in [0.15, 0.2) is 0 Å². The van der Waals surface area contributed by atoms with Gasteiger partial charge in [0.25, 0.3) is 0 Å². The van der Waals surface area contributed by atoms with Crippen molar-refractivity contribution in [3.05, 3.63) is 0 Å². The first kappa shape index (κ1) is 13.0. The molecule has 1 heterocycles. The molecule has 0 amide bonds. The first-order valence-corrected chi connectivity index (χ1v) is 6.55. The van der Waals surface area contributed by atoms with Crippen LogP contribution in [0, 0.1) is 11.8 Å². The van der Waals surface area contributed by atoms with Gasteiger partial charge in [0.05, 0.1) is 12.7 Å². The lowest BCUT2D eigenvalue weighted by Crippen LogP contribution is -2.29. The molecule has 2 nitrogen and oxygen atoms in total. The summed E-state index contributed by atoms with van der Waals surface area (Å²) in [4.78, 5) is 0. The van der Waals surface area contributed by atoms with Crippen molar-refractivity contribution >= 4 is 0 Å². The molecule has 0 spiro atoms. The van der Waals surface area contributed by atoms with E-state index in [4.69, 9.17) is 4.74 Å². The molecule has 1 aliphatic heterocycles. The van der Waals surface area contributed by atoms with Crippen molar-refractivity contribution in [3.8, 4) is 0 Å². The molecular weight excluding hydrogens is 188 g/mol. The van der Waals surface area contributed by atoms with Crippen LogP contribution < -0.4 is 0 Å². The van der Waals surface area contributed by atoms with Crippen molar-refractivity contribution in [1.82, 2.24) is 0 Å². The molecule has 0 aliphatic carbocycles. The Balaban J connectivity index is 2.28. The zero-order valence-electron chi connectivity index (χ0n) is 10.2. The highest BCUT2D eigenvalue weighted by molar-refractivity contribution is 4.78. The topological polar surface area (TPSA) is 29.5 Å². The van der Waals surface area contributed by atoms with Gasteiger partial charge in [0.1, 0.15) is 0 Å². The smallest absolute Gasteiger partial charge is 0.0619 e. The van der Waals surface area contributed by atoms with Gasteiger partial charge in [0.2, 0.25) is 0 Å². The van der Waals surface area contributed by atoms with Crippen molar-refractivity contribution in [2.75, 3.05) is 13.2 Å². The molecule has 3 atom stereocenters. The Bertz CT molecular complexity index is 153. The van der Waals surface area contributed by atoms with E-state index >= 15 is 0 Å². The van der Waals surface area contributed by atoms with Gasteiger partial charge in [-0.1, -0.05) is 39.5 Å². The van der Waals surface area contributed by atoms with E-state index in [1.807, 2.05) is 0 Å². The van der Waals surface area contributed by atoms with Gasteiger partial charge in [-0.3, -0.25) is 0 Å². The van der Waals surface area contributed by atoms with E-state index in [1.165, 1.54) is 25.7 Å². The predicted molar refractivity (Wildman–Crippen MR) is 62.9 cm³/mol. The molecule has 0 bridgehead atoms. The normalized spacial score (nSPS) is 25.4. The van der Waals surface area contributed by atoms with Gasteiger partial charge in [-0.15, -0.1) is 0 Å². The van der Waals surface area contributed by atoms with E-state index in [0.29, 0.717) is 11.8 Å². The summed E-state index contributed by atoms with van der Waals surface area (Å²) in [6, 6.07) is 0. The number of hydrogen-bond donors (Lipinski definition) is 1. The Kier molecular flexibility index (Phi) is 6.26. The highest BCUT2D eigenvalue weighted by Gasteiger charge is 2.29. The second kappa shape index (κ2) is 7.24. The third-order valence-electron chi connectivity index (χ3n) is 3.63. The van der Waals surface area contributed by atoms with Gasteiger partial charge in [-0.25, -0.2) is 0 Å². The van der Waals surface area contributed by atoms with Crippen LogP contribution in [-0.4, -0.2) is 24.4 Å². The summed E-state index contributed by atoms with van der Waals surface area (Å²) in [5.41, 5.74) is 0. The van der Waals surface area contributed by atoms with Crippen molar-refractivity contribution in [3.63, 3.8) is 0 Å². The number of aliphatic hydroxyl groups excluding tert-OH is 1. The predicted octanol–water partition coefficient (Wildman–Crippen LogP) is 2.99. The average Bonchev–Trinajstić information content (AvgIpc) is 2.77. The minimum Gasteiger partial charge on any atom is -0.392 e. The second-order valence-corrected chi connectivity index (χ2v) is 4.78. The monoisotopic (exact) mass is 214 g/mol. The van der Waals surface area contributed by atoms with Crippen LogP contribution in [0.4, 0.5) is 0 Å². The Morgan fingerprint density at radius 1 is 1.33 bits per heavy atom.